The second kappa shape index (κ2) is 7.82. The number of carbonyl (C=O) groups excluding carboxylic acids is 1. The minimum atomic E-state index is -1.01. The van der Waals surface area contributed by atoms with E-state index in [0.717, 1.165) is 0 Å². The number of anilines is 1. The van der Waals surface area contributed by atoms with E-state index in [1.54, 1.807) is 19.1 Å². The van der Waals surface area contributed by atoms with E-state index < -0.39 is 12.3 Å². The molecule has 18 heavy (non-hydrogen) atoms. The molecule has 2 unspecified atom stereocenters. The van der Waals surface area contributed by atoms with Gasteiger partial charge < -0.3 is 10.1 Å². The summed E-state index contributed by atoms with van der Waals surface area (Å²) >= 11 is 0. The monoisotopic (exact) mass is 253 g/mol. The zero-order valence-electron chi connectivity index (χ0n) is 10.9. The average molecular weight is 253 g/mol. The van der Waals surface area contributed by atoms with Gasteiger partial charge in [0.15, 0.2) is 0 Å². The van der Waals surface area contributed by atoms with Crippen LogP contribution < -0.4 is 5.32 Å². The maximum atomic E-state index is 13.4. The van der Waals surface area contributed by atoms with Crippen LogP contribution in [-0.2, 0) is 9.53 Å². The molecule has 0 aromatic heterocycles. The van der Waals surface area contributed by atoms with Gasteiger partial charge in [-0.05, 0) is 25.0 Å². The van der Waals surface area contributed by atoms with E-state index in [4.69, 9.17) is 4.74 Å². The Bertz CT molecular complexity index is 356. The molecule has 1 amide bonds. The quantitative estimate of drug-likeness (QED) is 0.810. The average Bonchev–Trinajstić information content (AvgIpc) is 2.40. The molecule has 1 N–H and O–H groups in total. The van der Waals surface area contributed by atoms with Crippen molar-refractivity contribution in [2.75, 3.05) is 11.9 Å². The fraction of sp³-hybridized carbons (Fsp3) is 0.500. The van der Waals surface area contributed by atoms with Crippen molar-refractivity contribution in [3.05, 3.63) is 30.3 Å². The molecule has 0 aliphatic carbocycles. The molecule has 0 saturated carbocycles. The predicted octanol–water partition coefficient (Wildman–Crippen LogP) is 3.17. The lowest BCUT2D eigenvalue weighted by atomic mass is 10.1. The van der Waals surface area contributed by atoms with Crippen LogP contribution in [0.1, 0.15) is 26.7 Å². The molecule has 1 aromatic rings. The molecule has 0 fully saturated rings. The maximum absolute atomic E-state index is 13.4. The van der Waals surface area contributed by atoms with Crippen molar-refractivity contribution < 1.29 is 13.9 Å². The summed E-state index contributed by atoms with van der Waals surface area (Å²) in [5, 5.41) is 2.69. The lowest BCUT2D eigenvalue weighted by Crippen LogP contribution is -2.29. The summed E-state index contributed by atoms with van der Waals surface area (Å²) in [6, 6.07) is 9.12. The van der Waals surface area contributed by atoms with Crippen LogP contribution in [0.4, 0.5) is 10.1 Å². The summed E-state index contributed by atoms with van der Waals surface area (Å²) in [6.45, 7) is 3.50. The normalized spacial score (nSPS) is 13.9. The molecule has 100 valence electrons. The van der Waals surface area contributed by atoms with E-state index in [1.165, 1.54) is 0 Å². The highest BCUT2D eigenvalue weighted by Gasteiger charge is 2.19. The summed E-state index contributed by atoms with van der Waals surface area (Å²) in [5.74, 6) is -0.261. The minimum Gasteiger partial charge on any atom is -0.365 e. The third-order valence-corrected chi connectivity index (χ3v) is 2.68. The number of rotatable bonds is 7. The first-order valence-corrected chi connectivity index (χ1v) is 6.27. The van der Waals surface area contributed by atoms with Crippen molar-refractivity contribution in [3.8, 4) is 0 Å². The second-order valence-electron chi connectivity index (χ2n) is 4.10. The van der Waals surface area contributed by atoms with Crippen LogP contribution in [0.25, 0.3) is 0 Å². The largest absolute Gasteiger partial charge is 0.365 e. The molecular weight excluding hydrogens is 233 g/mol. The SMILES string of the molecule is CCC(F)C(CC)OCC(=O)Nc1ccccc1. The fourth-order valence-corrected chi connectivity index (χ4v) is 1.64. The van der Waals surface area contributed by atoms with E-state index >= 15 is 0 Å². The first kappa shape index (κ1) is 14.6. The van der Waals surface area contributed by atoms with Gasteiger partial charge in [-0.2, -0.15) is 0 Å². The summed E-state index contributed by atoms with van der Waals surface area (Å²) in [5.41, 5.74) is 0.714. The first-order chi connectivity index (χ1) is 8.67. The van der Waals surface area contributed by atoms with Gasteiger partial charge in [-0.1, -0.05) is 32.0 Å². The van der Waals surface area contributed by atoms with Crippen LogP contribution in [0.2, 0.25) is 0 Å². The van der Waals surface area contributed by atoms with E-state index in [1.807, 2.05) is 25.1 Å². The third kappa shape index (κ3) is 4.84. The van der Waals surface area contributed by atoms with E-state index in [9.17, 15) is 9.18 Å². The predicted molar refractivity (Wildman–Crippen MR) is 70.3 cm³/mol. The Labute approximate surface area is 107 Å². The highest BCUT2D eigenvalue weighted by atomic mass is 19.1. The Morgan fingerprint density at radius 1 is 1.28 bits per heavy atom. The Morgan fingerprint density at radius 3 is 2.50 bits per heavy atom. The zero-order chi connectivity index (χ0) is 13.4. The van der Waals surface area contributed by atoms with Crippen molar-refractivity contribution in [1.82, 2.24) is 0 Å². The molecule has 0 heterocycles. The van der Waals surface area contributed by atoms with Crippen molar-refractivity contribution in [2.24, 2.45) is 0 Å². The van der Waals surface area contributed by atoms with Crippen LogP contribution in [0.15, 0.2) is 30.3 Å². The van der Waals surface area contributed by atoms with Gasteiger partial charge in [-0.3, -0.25) is 4.79 Å². The Kier molecular flexibility index (Phi) is 6.36. The number of para-hydroxylation sites is 1. The lowest BCUT2D eigenvalue weighted by molar-refractivity contribution is -0.124. The van der Waals surface area contributed by atoms with Gasteiger partial charge in [-0.25, -0.2) is 4.39 Å². The van der Waals surface area contributed by atoms with Crippen molar-refractivity contribution >= 4 is 11.6 Å². The molecule has 4 heteroatoms. The van der Waals surface area contributed by atoms with Crippen LogP contribution in [0, 0.1) is 0 Å². The van der Waals surface area contributed by atoms with Gasteiger partial charge in [-0.15, -0.1) is 0 Å². The number of amides is 1. The number of benzene rings is 1. The van der Waals surface area contributed by atoms with Gasteiger partial charge in [0.2, 0.25) is 5.91 Å². The van der Waals surface area contributed by atoms with Gasteiger partial charge in [0.1, 0.15) is 12.8 Å². The van der Waals surface area contributed by atoms with Crippen LogP contribution in [0.5, 0.6) is 0 Å². The van der Waals surface area contributed by atoms with E-state index in [-0.39, 0.29) is 12.5 Å². The second-order valence-corrected chi connectivity index (χ2v) is 4.10. The topological polar surface area (TPSA) is 38.3 Å². The summed E-state index contributed by atoms with van der Waals surface area (Å²) in [6.07, 6.45) is -0.553. The summed E-state index contributed by atoms with van der Waals surface area (Å²) < 4.78 is 18.7. The van der Waals surface area contributed by atoms with Gasteiger partial charge >= 0.3 is 0 Å². The summed E-state index contributed by atoms with van der Waals surface area (Å²) in [7, 11) is 0. The van der Waals surface area contributed by atoms with Crippen molar-refractivity contribution in [1.29, 1.82) is 0 Å². The molecule has 0 saturated heterocycles. The third-order valence-electron chi connectivity index (χ3n) is 2.68. The maximum Gasteiger partial charge on any atom is 0.250 e. The molecule has 0 aliphatic heterocycles. The number of halogens is 1. The minimum absolute atomic E-state index is 0.117. The molecule has 0 bridgehead atoms. The Hall–Kier alpha value is -1.42. The highest BCUT2D eigenvalue weighted by molar-refractivity contribution is 5.91. The number of hydrogen-bond acceptors (Lipinski definition) is 2. The molecular formula is C14H20FNO2. The van der Waals surface area contributed by atoms with Crippen LogP contribution in [0.3, 0.4) is 0 Å². The Balaban J connectivity index is 2.36. The molecule has 1 aromatic carbocycles. The zero-order valence-corrected chi connectivity index (χ0v) is 10.9. The fourth-order valence-electron chi connectivity index (χ4n) is 1.64. The molecule has 3 nitrogen and oxygen atoms in total. The highest BCUT2D eigenvalue weighted by Crippen LogP contribution is 2.12. The van der Waals surface area contributed by atoms with Gasteiger partial charge in [0, 0.05) is 5.69 Å². The Morgan fingerprint density at radius 2 is 1.94 bits per heavy atom. The number of ether oxygens (including phenoxy) is 1. The van der Waals surface area contributed by atoms with Crippen LogP contribution in [-0.4, -0.2) is 24.8 Å². The summed E-state index contributed by atoms with van der Waals surface area (Å²) in [4.78, 5) is 11.6. The lowest BCUT2D eigenvalue weighted by Gasteiger charge is -2.18. The molecule has 0 spiro atoms. The molecule has 2 atom stereocenters. The van der Waals surface area contributed by atoms with E-state index in [0.29, 0.717) is 18.5 Å². The van der Waals surface area contributed by atoms with E-state index in [2.05, 4.69) is 5.32 Å². The smallest absolute Gasteiger partial charge is 0.250 e. The molecule has 0 aliphatic rings. The van der Waals surface area contributed by atoms with Gasteiger partial charge in [0.25, 0.3) is 0 Å². The number of hydrogen-bond donors (Lipinski definition) is 1. The number of nitrogens with one attached hydrogen (secondary N) is 1. The van der Waals surface area contributed by atoms with Crippen molar-refractivity contribution in [2.45, 2.75) is 39.0 Å². The standard InChI is InChI=1S/C14H20FNO2/c1-3-12(15)13(4-2)18-10-14(17)16-11-8-6-5-7-9-11/h5-9,12-13H,3-4,10H2,1-2H3,(H,16,17). The number of alkyl halides is 1. The van der Waals surface area contributed by atoms with Crippen LogP contribution >= 0.6 is 0 Å². The first-order valence-electron chi connectivity index (χ1n) is 6.27. The van der Waals surface area contributed by atoms with Gasteiger partial charge in [0.05, 0.1) is 6.10 Å². The van der Waals surface area contributed by atoms with Crippen molar-refractivity contribution in [3.63, 3.8) is 0 Å². The molecule has 1 rings (SSSR count). The number of carbonyl (C=O) groups is 1. The molecule has 0 radical (unpaired) electrons.